The van der Waals surface area contributed by atoms with Crippen molar-refractivity contribution in [3.8, 4) is 5.75 Å². The summed E-state index contributed by atoms with van der Waals surface area (Å²) < 4.78 is 0. The van der Waals surface area contributed by atoms with E-state index in [0.717, 1.165) is 31.7 Å². The number of aryl methyl sites for hydroxylation is 2. The van der Waals surface area contributed by atoms with Crippen LogP contribution in [0.4, 0.5) is 0 Å². The number of phenolic OH excluding ortho intramolecular Hbond substituents is 1. The number of benzene rings is 2. The van der Waals surface area contributed by atoms with E-state index in [9.17, 15) is 34.2 Å². The van der Waals surface area contributed by atoms with Gasteiger partial charge in [0.05, 0.1) is 11.5 Å². The molecule has 7 heteroatoms. The third-order valence-corrected chi connectivity index (χ3v) is 11.1. The molecular weight excluding hydrogens is 568 g/mol. The predicted molar refractivity (Wildman–Crippen MR) is 170 cm³/mol. The molecule has 0 spiro atoms. The summed E-state index contributed by atoms with van der Waals surface area (Å²) >= 11 is 0. The number of hydrogen-bond acceptors (Lipinski definition) is 7. The highest BCUT2D eigenvalue weighted by Crippen LogP contribution is 2.64. The molecule has 2 fully saturated rings. The number of unbranched alkanes of at least 4 members (excludes halogenated alkanes) is 1. The van der Waals surface area contributed by atoms with E-state index in [1.165, 1.54) is 5.56 Å². The summed E-state index contributed by atoms with van der Waals surface area (Å²) in [6.07, 6.45) is 3.46. The lowest BCUT2D eigenvalue weighted by atomic mass is 9.39. The molecule has 45 heavy (non-hydrogen) atoms. The molecule has 3 unspecified atom stereocenters. The van der Waals surface area contributed by atoms with Crippen LogP contribution < -0.4 is 0 Å². The van der Waals surface area contributed by atoms with E-state index in [1.54, 1.807) is 20.8 Å². The van der Waals surface area contributed by atoms with Gasteiger partial charge in [0.15, 0.2) is 28.7 Å². The van der Waals surface area contributed by atoms with Crippen LogP contribution in [0.5, 0.6) is 5.75 Å². The van der Waals surface area contributed by atoms with E-state index < -0.39 is 63.1 Å². The molecule has 0 bridgehead atoms. The van der Waals surface area contributed by atoms with Gasteiger partial charge in [-0.25, -0.2) is 0 Å². The maximum atomic E-state index is 14.6. The number of phenols is 1. The minimum atomic E-state index is -2.69. The number of aromatic hydroxyl groups is 1. The van der Waals surface area contributed by atoms with Crippen molar-refractivity contribution in [1.29, 1.82) is 0 Å². The summed E-state index contributed by atoms with van der Waals surface area (Å²) in [6, 6.07) is 12.1. The lowest BCUT2D eigenvalue weighted by Crippen LogP contribution is -2.76. The summed E-state index contributed by atoms with van der Waals surface area (Å²) in [5.74, 6) is -8.54. The average molecular weight is 615 g/mol. The van der Waals surface area contributed by atoms with Gasteiger partial charge in [-0.3, -0.25) is 24.0 Å². The molecule has 2 aromatic carbocycles. The van der Waals surface area contributed by atoms with Crippen molar-refractivity contribution < 1.29 is 34.2 Å². The molecule has 7 nitrogen and oxygen atoms in total. The lowest BCUT2D eigenvalue weighted by Gasteiger charge is -2.62. The molecule has 0 saturated heterocycles. The van der Waals surface area contributed by atoms with Crippen molar-refractivity contribution in [1.82, 2.24) is 0 Å². The van der Waals surface area contributed by atoms with Gasteiger partial charge >= 0.3 is 0 Å². The van der Waals surface area contributed by atoms with E-state index in [1.807, 2.05) is 45.0 Å². The number of carbonyl (C=O) groups excluding carboxylic acids is 5. The molecule has 0 aromatic heterocycles. The molecule has 0 radical (unpaired) electrons. The molecule has 0 heterocycles. The first-order valence-corrected chi connectivity index (χ1v) is 16.3. The number of carbonyl (C=O) groups is 5. The summed E-state index contributed by atoms with van der Waals surface area (Å²) in [7, 11) is 0. The van der Waals surface area contributed by atoms with E-state index in [-0.39, 0.29) is 36.0 Å². The molecular formula is C38H46O7. The Morgan fingerprint density at radius 1 is 0.956 bits per heavy atom. The van der Waals surface area contributed by atoms with E-state index in [4.69, 9.17) is 0 Å². The number of hydrogen-bond donors (Lipinski definition) is 2. The van der Waals surface area contributed by atoms with Crippen LogP contribution in [0.1, 0.15) is 106 Å². The molecule has 6 atom stereocenters. The number of ketones is 5. The maximum absolute atomic E-state index is 14.6. The Balaban J connectivity index is 1.59. The third kappa shape index (κ3) is 4.84. The molecule has 0 amide bonds. The number of fused-ring (bicyclic) bond motifs is 3. The van der Waals surface area contributed by atoms with Gasteiger partial charge < -0.3 is 10.2 Å². The second-order valence-corrected chi connectivity index (χ2v) is 15.0. The second kappa shape index (κ2) is 11.4. The average Bonchev–Trinajstić information content (AvgIpc) is 2.94. The SMILES string of the molecule is CC(=O)C1C(=O)C(C(C)C)[C@@]2(C)C[C@@]3(C)Cc4c(C(C)C)cc(CCCCc5ccccc5)c(O)c4C(=O)C3C(=O)[C@@]2(O)C1=O. The van der Waals surface area contributed by atoms with Gasteiger partial charge in [-0.1, -0.05) is 77.9 Å². The normalized spacial score (nSPS) is 31.2. The van der Waals surface area contributed by atoms with Crippen LogP contribution in [0.3, 0.4) is 0 Å². The Hall–Kier alpha value is -3.45. The van der Waals surface area contributed by atoms with Gasteiger partial charge in [0.25, 0.3) is 0 Å². The third-order valence-electron chi connectivity index (χ3n) is 11.1. The second-order valence-electron chi connectivity index (χ2n) is 15.0. The topological polar surface area (TPSA) is 126 Å². The van der Waals surface area contributed by atoms with E-state index in [2.05, 4.69) is 12.1 Å². The van der Waals surface area contributed by atoms with Crippen molar-refractivity contribution in [3.63, 3.8) is 0 Å². The zero-order chi connectivity index (χ0) is 33.2. The van der Waals surface area contributed by atoms with Gasteiger partial charge in [-0.05, 0) is 85.0 Å². The highest BCUT2D eigenvalue weighted by Gasteiger charge is 2.76. The van der Waals surface area contributed by atoms with Crippen LogP contribution in [0.2, 0.25) is 0 Å². The van der Waals surface area contributed by atoms with Crippen LogP contribution >= 0.6 is 0 Å². The van der Waals surface area contributed by atoms with Gasteiger partial charge in [-0.2, -0.15) is 0 Å². The molecule has 3 aliphatic carbocycles. The van der Waals surface area contributed by atoms with Crippen LogP contribution in [0.15, 0.2) is 36.4 Å². The van der Waals surface area contributed by atoms with Crippen molar-refractivity contribution in [2.24, 2.45) is 34.5 Å². The lowest BCUT2D eigenvalue weighted by molar-refractivity contribution is -0.205. The van der Waals surface area contributed by atoms with Gasteiger partial charge in [-0.15, -0.1) is 0 Å². The summed E-state index contributed by atoms with van der Waals surface area (Å²) in [4.78, 5) is 69.3. The minimum absolute atomic E-state index is 0.0275. The Labute approximate surface area is 265 Å². The van der Waals surface area contributed by atoms with Crippen molar-refractivity contribution >= 4 is 28.9 Å². The van der Waals surface area contributed by atoms with Crippen LogP contribution in [-0.2, 0) is 38.4 Å². The first-order valence-electron chi connectivity index (χ1n) is 16.3. The Bertz CT molecular complexity index is 1590. The smallest absolute Gasteiger partial charge is 0.190 e. The zero-order valence-corrected chi connectivity index (χ0v) is 27.5. The molecule has 2 saturated carbocycles. The predicted octanol–water partition coefficient (Wildman–Crippen LogP) is 5.78. The van der Waals surface area contributed by atoms with Crippen LogP contribution in [-0.4, -0.2) is 44.7 Å². The van der Waals surface area contributed by atoms with Crippen molar-refractivity contribution in [2.75, 3.05) is 0 Å². The maximum Gasteiger partial charge on any atom is 0.190 e. The Morgan fingerprint density at radius 2 is 1.58 bits per heavy atom. The fourth-order valence-corrected chi connectivity index (χ4v) is 9.28. The number of aliphatic hydroxyl groups is 1. The molecule has 3 aliphatic rings. The minimum Gasteiger partial charge on any atom is -0.507 e. The molecule has 5 rings (SSSR count). The molecule has 240 valence electrons. The van der Waals surface area contributed by atoms with Crippen molar-refractivity contribution in [3.05, 3.63) is 64.2 Å². The zero-order valence-electron chi connectivity index (χ0n) is 27.5. The van der Waals surface area contributed by atoms with Crippen LogP contribution in [0.25, 0.3) is 0 Å². The van der Waals surface area contributed by atoms with E-state index in [0.29, 0.717) is 17.5 Å². The summed E-state index contributed by atoms with van der Waals surface area (Å²) in [5.41, 5.74) is -1.62. The molecule has 0 aliphatic heterocycles. The summed E-state index contributed by atoms with van der Waals surface area (Å²) in [6.45, 7) is 12.2. The molecule has 2 N–H and O–H groups in total. The van der Waals surface area contributed by atoms with Crippen molar-refractivity contribution in [2.45, 2.75) is 98.5 Å². The first kappa shape index (κ1) is 32.9. The summed E-state index contributed by atoms with van der Waals surface area (Å²) in [5, 5.41) is 23.8. The number of rotatable bonds is 8. The Morgan fingerprint density at radius 3 is 2.16 bits per heavy atom. The van der Waals surface area contributed by atoms with Gasteiger partial charge in [0.1, 0.15) is 17.5 Å². The highest BCUT2D eigenvalue weighted by molar-refractivity contribution is 6.32. The first-order chi connectivity index (χ1) is 21.0. The standard InChI is InChI=1S/C38H46O7/c1-20(2)25-17-24(16-12-11-15-23-13-9-8-10-14-23)31(40)28-26(25)18-36(6)19-37(7)29(21(3)4)32(41)27(22(5)39)34(43)38(37,45)35(44)30(36)33(28)42/h8-10,13-14,17,20-21,27,29-30,40,45H,11-12,15-16,18-19H2,1-7H3/t27?,29?,30?,36-,37-,38+/m1/s1. The van der Waals surface area contributed by atoms with Gasteiger partial charge in [0.2, 0.25) is 0 Å². The molecule has 2 aromatic rings. The Kier molecular flexibility index (Phi) is 8.35. The fourth-order valence-electron chi connectivity index (χ4n) is 9.28. The quantitative estimate of drug-likeness (QED) is 0.285. The fraction of sp³-hybridized carbons (Fsp3) is 0.553. The largest absolute Gasteiger partial charge is 0.507 e. The van der Waals surface area contributed by atoms with Gasteiger partial charge in [0, 0.05) is 11.3 Å². The highest BCUT2D eigenvalue weighted by atomic mass is 16.3. The van der Waals surface area contributed by atoms with E-state index >= 15 is 0 Å². The number of Topliss-reactive ketones (excluding diaryl/α,β-unsaturated/α-hetero) is 5. The monoisotopic (exact) mass is 614 g/mol. The van der Waals surface area contributed by atoms with Crippen LogP contribution in [0, 0.1) is 34.5 Å².